The van der Waals surface area contributed by atoms with E-state index >= 15 is 4.39 Å². The number of hydrogen-bond donors (Lipinski definition) is 2. The lowest BCUT2D eigenvalue weighted by Crippen LogP contribution is -2.55. The molecule has 1 amide bonds. The second-order valence-electron chi connectivity index (χ2n) is 11.4. The summed E-state index contributed by atoms with van der Waals surface area (Å²) in [7, 11) is 4.12. The summed E-state index contributed by atoms with van der Waals surface area (Å²) in [5, 5.41) is 11.0. The van der Waals surface area contributed by atoms with E-state index in [-0.39, 0.29) is 45.7 Å². The number of halogens is 3. The Morgan fingerprint density at radius 3 is 2.43 bits per heavy atom. The van der Waals surface area contributed by atoms with Gasteiger partial charge in [0.05, 0.1) is 33.8 Å². The first-order valence-corrected chi connectivity index (χ1v) is 14.4. The van der Waals surface area contributed by atoms with Crippen molar-refractivity contribution in [3.63, 3.8) is 0 Å². The molecule has 3 N–H and O–H groups in total. The van der Waals surface area contributed by atoms with E-state index in [0.29, 0.717) is 30.3 Å². The van der Waals surface area contributed by atoms with Crippen molar-refractivity contribution in [3.05, 3.63) is 52.2 Å². The van der Waals surface area contributed by atoms with Crippen LogP contribution in [0.1, 0.15) is 42.6 Å². The molecule has 0 saturated carbocycles. The predicted molar refractivity (Wildman–Crippen MR) is 160 cm³/mol. The SMILES string of the molecule is Cc1c(F)c(N)cc(C(=O)Nc2cc(-n3cc(OC4CCN(C)CC4)nn3)c(F)cc2N2C[C@@H](C)N(C)[C@@H](C)C2)c1Cl. The Balaban J connectivity index is 1.50. The van der Waals surface area contributed by atoms with E-state index in [2.05, 4.69) is 53.4 Å². The molecule has 0 spiro atoms. The van der Waals surface area contributed by atoms with Crippen LogP contribution in [0, 0.1) is 18.6 Å². The summed E-state index contributed by atoms with van der Waals surface area (Å²) in [6, 6.07) is 4.47. The molecule has 3 heterocycles. The number of carbonyl (C=O) groups excluding carboxylic acids is 1. The molecule has 3 aromatic rings. The van der Waals surface area contributed by atoms with Crippen molar-refractivity contribution in [2.75, 3.05) is 56.2 Å². The molecular formula is C29H37ClF2N8O2. The van der Waals surface area contributed by atoms with E-state index in [9.17, 15) is 9.18 Å². The minimum atomic E-state index is -0.675. The number of anilines is 3. The van der Waals surface area contributed by atoms with Crippen LogP contribution in [-0.4, -0.2) is 89.2 Å². The smallest absolute Gasteiger partial charge is 0.257 e. The quantitative estimate of drug-likeness (QED) is 0.402. The summed E-state index contributed by atoms with van der Waals surface area (Å²) < 4.78 is 37.4. The van der Waals surface area contributed by atoms with Crippen LogP contribution in [0.25, 0.3) is 5.69 Å². The lowest BCUT2D eigenvalue weighted by molar-refractivity contribution is 0.102. The van der Waals surface area contributed by atoms with Gasteiger partial charge >= 0.3 is 0 Å². The van der Waals surface area contributed by atoms with E-state index in [4.69, 9.17) is 22.1 Å². The maximum atomic E-state index is 15.8. The molecule has 0 radical (unpaired) electrons. The van der Waals surface area contributed by atoms with E-state index in [1.807, 2.05) is 4.90 Å². The number of nitrogens with one attached hydrogen (secondary N) is 1. The van der Waals surface area contributed by atoms with Gasteiger partial charge in [-0.2, -0.15) is 0 Å². The maximum Gasteiger partial charge on any atom is 0.257 e. The molecule has 2 fully saturated rings. The van der Waals surface area contributed by atoms with Gasteiger partial charge in [0.2, 0.25) is 0 Å². The number of ether oxygens (including phenoxy) is 1. The lowest BCUT2D eigenvalue weighted by Gasteiger charge is -2.44. The van der Waals surface area contributed by atoms with Crippen LogP contribution >= 0.6 is 11.6 Å². The number of benzene rings is 2. The topological polar surface area (TPSA) is 105 Å². The van der Waals surface area contributed by atoms with Gasteiger partial charge in [-0.1, -0.05) is 21.9 Å². The molecule has 2 saturated heterocycles. The van der Waals surface area contributed by atoms with Gasteiger partial charge in [0.15, 0.2) is 11.6 Å². The average Bonchev–Trinajstić information content (AvgIpc) is 3.42. The average molecular weight is 603 g/mol. The van der Waals surface area contributed by atoms with Gasteiger partial charge in [0.1, 0.15) is 11.8 Å². The van der Waals surface area contributed by atoms with Crippen LogP contribution in [0.15, 0.2) is 24.4 Å². The molecule has 0 aliphatic carbocycles. The summed E-state index contributed by atoms with van der Waals surface area (Å²) in [4.78, 5) is 20.0. The van der Waals surface area contributed by atoms with E-state index in [1.54, 1.807) is 0 Å². The van der Waals surface area contributed by atoms with Crippen molar-refractivity contribution in [1.29, 1.82) is 0 Å². The van der Waals surface area contributed by atoms with Crippen molar-refractivity contribution in [1.82, 2.24) is 24.8 Å². The minimum Gasteiger partial charge on any atom is -0.472 e. The fourth-order valence-electron chi connectivity index (χ4n) is 5.54. The zero-order valence-electron chi connectivity index (χ0n) is 24.5. The van der Waals surface area contributed by atoms with Gasteiger partial charge in [-0.15, -0.1) is 0 Å². The van der Waals surface area contributed by atoms with Gasteiger partial charge in [-0.05, 0) is 59.8 Å². The molecule has 0 unspecified atom stereocenters. The molecule has 42 heavy (non-hydrogen) atoms. The van der Waals surface area contributed by atoms with E-state index in [1.165, 1.54) is 36.0 Å². The van der Waals surface area contributed by atoms with E-state index < -0.39 is 17.5 Å². The van der Waals surface area contributed by atoms with Gasteiger partial charge < -0.3 is 25.6 Å². The highest BCUT2D eigenvalue weighted by Gasteiger charge is 2.30. The fourth-order valence-corrected chi connectivity index (χ4v) is 5.76. The molecule has 226 valence electrons. The highest BCUT2D eigenvalue weighted by molar-refractivity contribution is 6.35. The van der Waals surface area contributed by atoms with Crippen LogP contribution in [0.3, 0.4) is 0 Å². The highest BCUT2D eigenvalue weighted by Crippen LogP contribution is 2.35. The Hall–Kier alpha value is -3.48. The first kappa shape index (κ1) is 30.0. The Morgan fingerprint density at radius 2 is 1.76 bits per heavy atom. The van der Waals surface area contributed by atoms with Crippen molar-refractivity contribution < 1.29 is 18.3 Å². The van der Waals surface area contributed by atoms with Crippen molar-refractivity contribution in [2.24, 2.45) is 0 Å². The molecule has 10 nitrogen and oxygen atoms in total. The summed E-state index contributed by atoms with van der Waals surface area (Å²) in [6.45, 7) is 8.71. The predicted octanol–water partition coefficient (Wildman–Crippen LogP) is 4.34. The first-order chi connectivity index (χ1) is 19.9. The summed E-state index contributed by atoms with van der Waals surface area (Å²) in [6.07, 6.45) is 3.26. The Morgan fingerprint density at radius 1 is 1.10 bits per heavy atom. The van der Waals surface area contributed by atoms with Crippen LogP contribution in [-0.2, 0) is 0 Å². The zero-order chi connectivity index (χ0) is 30.3. The monoisotopic (exact) mass is 602 g/mol. The normalized spacial score (nSPS) is 20.6. The number of carbonyl (C=O) groups is 1. The molecule has 2 aromatic carbocycles. The van der Waals surface area contributed by atoms with Crippen molar-refractivity contribution >= 4 is 34.6 Å². The number of likely N-dealkylation sites (N-methyl/N-ethyl adjacent to an activating group) is 1. The summed E-state index contributed by atoms with van der Waals surface area (Å²) in [5.41, 5.74) is 6.61. The van der Waals surface area contributed by atoms with Crippen LogP contribution in [0.5, 0.6) is 5.88 Å². The largest absolute Gasteiger partial charge is 0.472 e. The second-order valence-corrected chi connectivity index (χ2v) is 11.8. The molecular weight excluding hydrogens is 566 g/mol. The molecule has 1 aromatic heterocycles. The minimum absolute atomic E-state index is 0.00554. The number of nitrogens with zero attached hydrogens (tertiary/aromatic N) is 6. The number of aromatic nitrogens is 3. The van der Waals surface area contributed by atoms with E-state index in [0.717, 1.165) is 25.9 Å². The lowest BCUT2D eigenvalue weighted by atomic mass is 10.1. The third kappa shape index (κ3) is 6.02. The Labute approximate surface area is 249 Å². The first-order valence-electron chi connectivity index (χ1n) is 14.1. The number of likely N-dealkylation sites (tertiary alicyclic amines) is 1. The zero-order valence-corrected chi connectivity index (χ0v) is 25.3. The number of nitrogen functional groups attached to an aromatic ring is 1. The third-order valence-electron chi connectivity index (χ3n) is 8.38. The number of nitrogens with two attached hydrogens (primary N) is 1. The van der Waals surface area contributed by atoms with Crippen molar-refractivity contribution in [3.8, 4) is 11.6 Å². The second kappa shape index (κ2) is 12.0. The fraction of sp³-hybridized carbons (Fsp3) is 0.483. The van der Waals surface area contributed by atoms with Crippen LogP contribution in [0.2, 0.25) is 5.02 Å². The van der Waals surface area contributed by atoms with Crippen molar-refractivity contribution in [2.45, 2.75) is 51.8 Å². The number of amides is 1. The Kier molecular flexibility index (Phi) is 8.58. The molecule has 2 atom stereocenters. The molecule has 2 aliphatic heterocycles. The summed E-state index contributed by atoms with van der Waals surface area (Å²) >= 11 is 6.35. The van der Waals surface area contributed by atoms with Gasteiger partial charge in [0, 0.05) is 49.9 Å². The standard InChI is InChI=1S/C29H37ClF2N8O2/c1-16-13-39(14-17(2)38(16)5)25-11-21(31)24(40-15-26(35-36-40)42-19-6-8-37(4)9-7-19)12-23(25)34-29(41)20-10-22(33)28(32)18(3)27(20)30/h10-12,15-17,19H,6-9,13-14,33H2,1-5H3,(H,34,41)/t16-,17+. The summed E-state index contributed by atoms with van der Waals surface area (Å²) in [5.74, 6) is -1.53. The van der Waals surface area contributed by atoms with Gasteiger partial charge in [-0.25, -0.2) is 13.5 Å². The highest BCUT2D eigenvalue weighted by atomic mass is 35.5. The third-order valence-corrected chi connectivity index (χ3v) is 8.87. The van der Waals surface area contributed by atoms with Crippen LogP contribution in [0.4, 0.5) is 25.8 Å². The number of piperazine rings is 1. The van der Waals surface area contributed by atoms with Gasteiger partial charge in [0.25, 0.3) is 11.8 Å². The maximum absolute atomic E-state index is 15.8. The molecule has 5 rings (SSSR count). The molecule has 13 heteroatoms. The number of rotatable bonds is 6. The Bertz CT molecular complexity index is 1460. The molecule has 0 bridgehead atoms. The van der Waals surface area contributed by atoms with Gasteiger partial charge in [-0.3, -0.25) is 9.69 Å². The molecule has 2 aliphatic rings. The number of hydrogen-bond acceptors (Lipinski definition) is 8. The number of piperidine rings is 1. The van der Waals surface area contributed by atoms with Crippen LogP contribution < -0.4 is 20.7 Å².